The molecule has 0 radical (unpaired) electrons. The summed E-state index contributed by atoms with van der Waals surface area (Å²) >= 11 is 0. The van der Waals surface area contributed by atoms with Crippen LogP contribution in [0.25, 0.3) is 0 Å². The highest BCUT2D eigenvalue weighted by Crippen LogP contribution is 2.28. The molecule has 2 rings (SSSR count). The Labute approximate surface area is 391 Å². The van der Waals surface area contributed by atoms with Crippen molar-refractivity contribution in [3.8, 4) is 0 Å². The summed E-state index contributed by atoms with van der Waals surface area (Å²) in [5.41, 5.74) is 3.12. The van der Waals surface area contributed by atoms with Gasteiger partial charge < -0.3 is 70.0 Å². The van der Waals surface area contributed by atoms with E-state index >= 15 is 0 Å². The van der Waals surface area contributed by atoms with Gasteiger partial charge in [-0.05, 0) is 69.2 Å². The van der Waals surface area contributed by atoms with Gasteiger partial charge in [-0.3, -0.25) is 0 Å². The largest absolute Gasteiger partial charge is 0.394 e. The Morgan fingerprint density at radius 2 is 0.682 bits per heavy atom. The third-order valence-corrected chi connectivity index (χ3v) is 10.4. The molecular formula is C52H76O14. The van der Waals surface area contributed by atoms with Crippen LogP contribution in [0, 0.1) is 0 Å². The predicted octanol–water partition coefficient (Wildman–Crippen LogP) is 4.47. The average molecular weight is 925 g/mol. The van der Waals surface area contributed by atoms with Gasteiger partial charge in [-0.1, -0.05) is 155 Å². The summed E-state index contributed by atoms with van der Waals surface area (Å²) in [6.45, 7) is 16.7. The lowest BCUT2D eigenvalue weighted by atomic mass is 9.97. The molecule has 2 aliphatic rings. The summed E-state index contributed by atoms with van der Waals surface area (Å²) in [6, 6.07) is 0. The summed E-state index contributed by atoms with van der Waals surface area (Å²) in [6.07, 6.45) is 21.9. The third-order valence-electron chi connectivity index (χ3n) is 10.4. The van der Waals surface area contributed by atoms with Crippen molar-refractivity contribution in [2.45, 2.75) is 154 Å². The van der Waals surface area contributed by atoms with E-state index in [-0.39, 0.29) is 0 Å². The fourth-order valence-electron chi connectivity index (χ4n) is 6.18. The Balaban J connectivity index is 1.90. The molecule has 2 saturated heterocycles. The van der Waals surface area contributed by atoms with Crippen LogP contribution < -0.4 is 0 Å². The van der Waals surface area contributed by atoms with Gasteiger partial charge in [0.25, 0.3) is 0 Å². The minimum absolute atomic E-state index is 0.585. The Kier molecular flexibility index (Phi) is 25.0. The van der Waals surface area contributed by atoms with E-state index in [0.29, 0.717) is 0 Å². The first-order valence-corrected chi connectivity index (χ1v) is 22.0. The maximum absolute atomic E-state index is 10.7. The van der Waals surface area contributed by atoms with Crippen LogP contribution in [-0.2, 0) is 18.9 Å². The molecule has 0 spiro atoms. The summed E-state index contributed by atoms with van der Waals surface area (Å²) in [5.74, 6) is 0. The molecule has 368 valence electrons. The Bertz CT molecular complexity index is 1770. The van der Waals surface area contributed by atoms with E-state index in [1.54, 1.807) is 24.3 Å². The lowest BCUT2D eigenvalue weighted by Gasteiger charge is -2.42. The van der Waals surface area contributed by atoms with Gasteiger partial charge in [0.2, 0.25) is 0 Å². The zero-order chi connectivity index (χ0) is 49.8. The molecule has 2 aliphatic heterocycles. The van der Waals surface area contributed by atoms with Crippen LogP contribution in [0.5, 0.6) is 0 Å². The molecule has 2 unspecified atom stereocenters. The van der Waals surface area contributed by atoms with Crippen molar-refractivity contribution in [2.75, 3.05) is 13.2 Å². The second kappa shape index (κ2) is 28.4. The number of aliphatic hydroxyl groups is 10. The number of ether oxygens (including phenoxy) is 4. The van der Waals surface area contributed by atoms with Crippen LogP contribution in [0.15, 0.2) is 155 Å². The van der Waals surface area contributed by atoms with Crippen molar-refractivity contribution in [1.29, 1.82) is 0 Å². The van der Waals surface area contributed by atoms with Gasteiger partial charge in [-0.25, -0.2) is 0 Å². The second-order valence-electron chi connectivity index (χ2n) is 17.8. The molecule has 0 aromatic carbocycles. The Hall–Kier alpha value is -3.94. The van der Waals surface area contributed by atoms with E-state index in [9.17, 15) is 51.1 Å². The number of allylic oxidation sites excluding steroid dienone is 24. The molecule has 0 saturated carbocycles. The zero-order valence-corrected chi connectivity index (χ0v) is 40.0. The van der Waals surface area contributed by atoms with E-state index in [1.807, 2.05) is 139 Å². The molecule has 12 atom stereocenters. The molecule has 2 heterocycles. The molecule has 0 aromatic rings. The van der Waals surface area contributed by atoms with Gasteiger partial charge in [-0.2, -0.15) is 0 Å². The maximum atomic E-state index is 10.7. The minimum Gasteiger partial charge on any atom is -0.394 e. The number of aliphatic hydroxyl groups excluding tert-OH is 8. The van der Waals surface area contributed by atoms with Gasteiger partial charge in [0.1, 0.15) is 61.0 Å². The van der Waals surface area contributed by atoms with Crippen molar-refractivity contribution in [3.05, 3.63) is 155 Å². The van der Waals surface area contributed by atoms with E-state index in [2.05, 4.69) is 0 Å². The average Bonchev–Trinajstić information content (AvgIpc) is 3.24. The highest BCUT2D eigenvalue weighted by molar-refractivity contribution is 5.34. The van der Waals surface area contributed by atoms with Crippen LogP contribution in [0.1, 0.15) is 69.2 Å². The first-order valence-electron chi connectivity index (χ1n) is 22.0. The van der Waals surface area contributed by atoms with Crippen LogP contribution in [0.3, 0.4) is 0 Å². The molecule has 10 N–H and O–H groups in total. The third kappa shape index (κ3) is 20.5. The lowest BCUT2D eigenvalue weighted by molar-refractivity contribution is -0.316. The van der Waals surface area contributed by atoms with Gasteiger partial charge in [0.15, 0.2) is 12.6 Å². The van der Waals surface area contributed by atoms with Crippen molar-refractivity contribution < 1.29 is 70.0 Å². The van der Waals surface area contributed by atoms with Crippen LogP contribution in [-0.4, -0.2) is 149 Å². The van der Waals surface area contributed by atoms with E-state index in [4.69, 9.17) is 18.9 Å². The molecule has 0 aromatic heterocycles. The highest BCUT2D eigenvalue weighted by atomic mass is 16.7. The molecule has 14 heteroatoms. The summed E-state index contributed by atoms with van der Waals surface area (Å²) in [4.78, 5) is 0. The Morgan fingerprint density at radius 3 is 0.939 bits per heavy atom. The van der Waals surface area contributed by atoms with E-state index in [0.717, 1.165) is 33.4 Å². The maximum Gasteiger partial charge on any atom is 0.187 e. The van der Waals surface area contributed by atoms with Crippen LogP contribution in [0.4, 0.5) is 0 Å². The van der Waals surface area contributed by atoms with Gasteiger partial charge >= 0.3 is 0 Å². The zero-order valence-electron chi connectivity index (χ0n) is 40.0. The predicted molar refractivity (Wildman–Crippen MR) is 256 cm³/mol. The number of rotatable bonds is 22. The summed E-state index contributed by atoms with van der Waals surface area (Å²) < 4.78 is 22.5. The van der Waals surface area contributed by atoms with Crippen LogP contribution in [0.2, 0.25) is 0 Å². The highest BCUT2D eigenvalue weighted by Gasteiger charge is 2.47. The molecule has 66 heavy (non-hydrogen) atoms. The van der Waals surface area contributed by atoms with Gasteiger partial charge in [-0.15, -0.1) is 0 Å². The fraction of sp³-hybridized carbons (Fsp3) is 0.500. The first-order chi connectivity index (χ1) is 30.9. The van der Waals surface area contributed by atoms with E-state index < -0.39 is 98.0 Å². The Morgan fingerprint density at radius 1 is 0.424 bits per heavy atom. The molecule has 0 amide bonds. The normalized spacial score (nSPS) is 29.9. The first kappa shape index (κ1) is 58.2. The smallest absolute Gasteiger partial charge is 0.187 e. The monoisotopic (exact) mass is 925 g/mol. The van der Waals surface area contributed by atoms with E-state index in [1.165, 1.54) is 27.7 Å². The van der Waals surface area contributed by atoms with Gasteiger partial charge in [0.05, 0.1) is 24.4 Å². The lowest BCUT2D eigenvalue weighted by Crippen LogP contribution is -2.60. The van der Waals surface area contributed by atoms with Crippen molar-refractivity contribution in [2.24, 2.45) is 0 Å². The SMILES string of the molecule is CC(/C=C/C=C(C)/C=C/C=C(C)/C=C/[C@@H](OC1O[C@@H](CO)[C@H](O)[C@@H](O)[C@@H]1O)C(C)(C)O)=C\C=C\C=C(C)\C=C\C=C(C)\C=C\C=C(C)\C=C\[C@@H](OC1O[C@@H](CO)[C@H](O)[C@@H](O)[C@@H]1O)C(C)(C)O. The second-order valence-corrected chi connectivity index (χ2v) is 17.8. The van der Waals surface area contributed by atoms with Crippen molar-refractivity contribution in [3.63, 3.8) is 0 Å². The number of hydrogen-bond donors (Lipinski definition) is 10. The van der Waals surface area contributed by atoms with Crippen molar-refractivity contribution in [1.82, 2.24) is 0 Å². The minimum atomic E-state index is -1.59. The summed E-state index contributed by atoms with van der Waals surface area (Å²) in [5, 5.41) is 101. The quantitative estimate of drug-likeness (QED) is 0.0675. The molecular weight excluding hydrogens is 849 g/mol. The summed E-state index contributed by atoms with van der Waals surface area (Å²) in [7, 11) is 0. The van der Waals surface area contributed by atoms with Crippen molar-refractivity contribution >= 4 is 0 Å². The molecule has 14 nitrogen and oxygen atoms in total. The van der Waals surface area contributed by atoms with Gasteiger partial charge in [0, 0.05) is 0 Å². The molecule has 0 aliphatic carbocycles. The molecule has 0 bridgehead atoms. The fourth-order valence-corrected chi connectivity index (χ4v) is 6.18. The molecule has 2 fully saturated rings. The number of hydrogen-bond acceptors (Lipinski definition) is 14. The van der Waals surface area contributed by atoms with Crippen LogP contribution >= 0.6 is 0 Å². The topological polar surface area (TPSA) is 239 Å². The standard InChI is InChI=1S/C52H76O14/c1-33(19-13-21-35(3)23-15-25-37(5)27-29-41(51(7,8)61)65-49-47(59)45(57)43(55)39(31-53)63-49)17-11-12-18-34(2)20-14-22-36(4)24-16-26-38(6)28-30-42(52(9,10)62)66-50-48(60)46(58)44(56)40(32-54)64-50/h11-30,39-50,53-62H,31-32H2,1-10H3/b12-11+,19-13+,20-14+,23-15+,24-16+,29-27+,30-28+,33-17+,34-18+,35-21+,36-22+,37-25+,38-26+/t39-,40-,41+,42+,43-,44-,45+,46+,47-,48-,49?,50?/m0/s1.